The Balaban J connectivity index is 2.35. The first-order valence-electron chi connectivity index (χ1n) is 5.11. The van der Waals surface area contributed by atoms with Gasteiger partial charge in [0.15, 0.2) is 0 Å². The molecule has 0 bridgehead atoms. The van der Waals surface area contributed by atoms with Gasteiger partial charge in [-0.15, -0.1) is 0 Å². The standard InChI is InChI=1S/C11H14ClFN2O2/c12-9-3-7(1-2-10(9)13)5-15-6-8(14)4-11(16)17/h1-3,8,15H,4-6,14H2,(H,16,17). The number of rotatable bonds is 6. The molecule has 0 radical (unpaired) electrons. The summed E-state index contributed by atoms with van der Waals surface area (Å²) in [6, 6.07) is 3.98. The van der Waals surface area contributed by atoms with Crippen molar-refractivity contribution in [2.24, 2.45) is 5.73 Å². The van der Waals surface area contributed by atoms with Gasteiger partial charge >= 0.3 is 5.97 Å². The van der Waals surface area contributed by atoms with Crippen LogP contribution in [0.25, 0.3) is 0 Å². The van der Waals surface area contributed by atoms with E-state index in [1.54, 1.807) is 6.07 Å². The molecule has 1 aromatic carbocycles. The SMILES string of the molecule is NC(CNCc1ccc(F)c(Cl)c1)CC(=O)O. The Labute approximate surface area is 104 Å². The highest BCUT2D eigenvalue weighted by Crippen LogP contribution is 2.15. The minimum absolute atomic E-state index is 0.0686. The zero-order valence-corrected chi connectivity index (χ0v) is 9.88. The Kier molecular flexibility index (Phi) is 5.34. The third-order valence-electron chi connectivity index (χ3n) is 2.16. The van der Waals surface area contributed by atoms with E-state index in [0.29, 0.717) is 13.1 Å². The number of nitrogens with two attached hydrogens (primary N) is 1. The second-order valence-electron chi connectivity index (χ2n) is 3.74. The maximum atomic E-state index is 12.9. The van der Waals surface area contributed by atoms with Gasteiger partial charge in [0.2, 0.25) is 0 Å². The molecule has 0 aromatic heterocycles. The van der Waals surface area contributed by atoms with Crippen molar-refractivity contribution in [3.63, 3.8) is 0 Å². The molecule has 0 amide bonds. The predicted octanol–water partition coefficient (Wildman–Crippen LogP) is 1.37. The number of hydrogen-bond acceptors (Lipinski definition) is 3. The van der Waals surface area contributed by atoms with Crippen LogP contribution in [0, 0.1) is 5.82 Å². The van der Waals surface area contributed by atoms with Crippen molar-refractivity contribution < 1.29 is 14.3 Å². The summed E-state index contributed by atoms with van der Waals surface area (Å²) in [4.78, 5) is 10.4. The Morgan fingerprint density at radius 3 is 2.88 bits per heavy atom. The summed E-state index contributed by atoms with van der Waals surface area (Å²) in [5, 5.41) is 11.6. The van der Waals surface area contributed by atoms with Crippen molar-refractivity contribution in [3.8, 4) is 0 Å². The van der Waals surface area contributed by atoms with Crippen molar-refractivity contribution in [1.82, 2.24) is 5.32 Å². The highest BCUT2D eigenvalue weighted by Gasteiger charge is 2.07. The molecule has 6 heteroatoms. The van der Waals surface area contributed by atoms with E-state index >= 15 is 0 Å². The van der Waals surface area contributed by atoms with Gasteiger partial charge < -0.3 is 16.2 Å². The maximum absolute atomic E-state index is 12.9. The fourth-order valence-corrected chi connectivity index (χ4v) is 1.55. The van der Waals surface area contributed by atoms with Crippen molar-refractivity contribution in [3.05, 3.63) is 34.6 Å². The lowest BCUT2D eigenvalue weighted by Gasteiger charge is -2.10. The van der Waals surface area contributed by atoms with Crippen LogP contribution in [-0.2, 0) is 11.3 Å². The molecule has 0 heterocycles. The number of carboxylic acid groups (broad SMARTS) is 1. The first-order valence-corrected chi connectivity index (χ1v) is 5.49. The Hall–Kier alpha value is -1.17. The molecule has 94 valence electrons. The van der Waals surface area contributed by atoms with E-state index in [-0.39, 0.29) is 11.4 Å². The number of benzene rings is 1. The lowest BCUT2D eigenvalue weighted by Crippen LogP contribution is -2.35. The topological polar surface area (TPSA) is 75.3 Å². The van der Waals surface area contributed by atoms with Crippen molar-refractivity contribution >= 4 is 17.6 Å². The molecule has 0 aliphatic heterocycles. The van der Waals surface area contributed by atoms with E-state index in [1.807, 2.05) is 0 Å². The van der Waals surface area contributed by atoms with Gasteiger partial charge in [-0.25, -0.2) is 4.39 Å². The van der Waals surface area contributed by atoms with E-state index < -0.39 is 17.8 Å². The Morgan fingerprint density at radius 1 is 1.59 bits per heavy atom. The molecule has 17 heavy (non-hydrogen) atoms. The summed E-state index contributed by atoms with van der Waals surface area (Å²) in [7, 11) is 0. The van der Waals surface area contributed by atoms with E-state index in [4.69, 9.17) is 22.4 Å². The molecular weight excluding hydrogens is 247 g/mol. The number of hydrogen-bond donors (Lipinski definition) is 3. The summed E-state index contributed by atoms with van der Waals surface area (Å²) in [6.07, 6.45) is -0.0861. The maximum Gasteiger partial charge on any atom is 0.304 e. The average Bonchev–Trinajstić information content (AvgIpc) is 2.22. The zero-order chi connectivity index (χ0) is 12.8. The van der Waals surface area contributed by atoms with E-state index in [2.05, 4.69) is 5.32 Å². The summed E-state index contributed by atoms with van der Waals surface area (Å²) < 4.78 is 12.9. The van der Waals surface area contributed by atoms with Gasteiger partial charge in [-0.2, -0.15) is 0 Å². The third kappa shape index (κ3) is 5.12. The van der Waals surface area contributed by atoms with Crippen LogP contribution in [0.4, 0.5) is 4.39 Å². The summed E-state index contributed by atoms with van der Waals surface area (Å²) >= 11 is 5.62. The van der Waals surface area contributed by atoms with Gasteiger partial charge in [-0.1, -0.05) is 17.7 Å². The van der Waals surface area contributed by atoms with Crippen LogP contribution in [0.5, 0.6) is 0 Å². The minimum Gasteiger partial charge on any atom is -0.481 e. The second-order valence-corrected chi connectivity index (χ2v) is 4.14. The van der Waals surface area contributed by atoms with Crippen LogP contribution in [0.15, 0.2) is 18.2 Å². The fraction of sp³-hybridized carbons (Fsp3) is 0.364. The number of carbonyl (C=O) groups is 1. The van der Waals surface area contributed by atoms with E-state index in [1.165, 1.54) is 12.1 Å². The summed E-state index contributed by atoms with van der Waals surface area (Å²) in [5.41, 5.74) is 6.38. The molecule has 0 spiro atoms. The number of nitrogens with one attached hydrogen (secondary N) is 1. The molecule has 1 rings (SSSR count). The molecule has 1 unspecified atom stereocenters. The Morgan fingerprint density at radius 2 is 2.29 bits per heavy atom. The quantitative estimate of drug-likeness (QED) is 0.722. The number of aliphatic carboxylic acids is 1. The lowest BCUT2D eigenvalue weighted by molar-refractivity contribution is -0.137. The number of halogens is 2. The molecule has 0 saturated heterocycles. The molecule has 0 aliphatic rings. The number of carboxylic acids is 1. The van der Waals surface area contributed by atoms with Gasteiger partial charge in [-0.05, 0) is 17.7 Å². The van der Waals surface area contributed by atoms with Crippen LogP contribution in [0.3, 0.4) is 0 Å². The average molecular weight is 261 g/mol. The molecule has 0 saturated carbocycles. The lowest BCUT2D eigenvalue weighted by atomic mass is 10.2. The van der Waals surface area contributed by atoms with E-state index in [9.17, 15) is 9.18 Å². The first-order chi connectivity index (χ1) is 7.99. The van der Waals surface area contributed by atoms with E-state index in [0.717, 1.165) is 5.56 Å². The highest BCUT2D eigenvalue weighted by atomic mass is 35.5. The molecule has 0 fully saturated rings. The van der Waals surface area contributed by atoms with Gasteiger partial charge in [0.05, 0.1) is 11.4 Å². The molecule has 4 N–H and O–H groups in total. The highest BCUT2D eigenvalue weighted by molar-refractivity contribution is 6.30. The van der Waals surface area contributed by atoms with Crippen molar-refractivity contribution in [2.45, 2.75) is 19.0 Å². The monoisotopic (exact) mass is 260 g/mol. The fourth-order valence-electron chi connectivity index (χ4n) is 1.35. The molecule has 0 aliphatic carbocycles. The minimum atomic E-state index is -0.927. The van der Waals surface area contributed by atoms with Crippen LogP contribution >= 0.6 is 11.6 Å². The largest absolute Gasteiger partial charge is 0.481 e. The molecule has 4 nitrogen and oxygen atoms in total. The molecular formula is C11H14ClFN2O2. The molecule has 1 aromatic rings. The van der Waals surface area contributed by atoms with Gasteiger partial charge in [0.25, 0.3) is 0 Å². The zero-order valence-electron chi connectivity index (χ0n) is 9.12. The Bertz CT molecular complexity index is 401. The van der Waals surface area contributed by atoms with Crippen LogP contribution in [0.2, 0.25) is 5.02 Å². The van der Waals surface area contributed by atoms with Crippen LogP contribution in [-0.4, -0.2) is 23.7 Å². The summed E-state index contributed by atoms with van der Waals surface area (Å²) in [5.74, 6) is -1.39. The predicted molar refractivity (Wildman–Crippen MR) is 63.3 cm³/mol. The van der Waals surface area contributed by atoms with Crippen molar-refractivity contribution in [2.75, 3.05) is 6.54 Å². The van der Waals surface area contributed by atoms with Gasteiger partial charge in [0, 0.05) is 19.1 Å². The van der Waals surface area contributed by atoms with Crippen LogP contribution < -0.4 is 11.1 Å². The van der Waals surface area contributed by atoms with Gasteiger partial charge in [0.1, 0.15) is 5.82 Å². The van der Waals surface area contributed by atoms with Gasteiger partial charge in [-0.3, -0.25) is 4.79 Å². The van der Waals surface area contributed by atoms with Crippen LogP contribution in [0.1, 0.15) is 12.0 Å². The molecule has 1 atom stereocenters. The normalized spacial score (nSPS) is 12.4. The van der Waals surface area contributed by atoms with Crippen molar-refractivity contribution in [1.29, 1.82) is 0 Å². The third-order valence-corrected chi connectivity index (χ3v) is 2.45. The first kappa shape index (κ1) is 13.9. The smallest absolute Gasteiger partial charge is 0.304 e. The second kappa shape index (κ2) is 6.54. The summed E-state index contributed by atoms with van der Waals surface area (Å²) in [6.45, 7) is 0.842.